The molecule has 0 saturated carbocycles. The van der Waals surface area contributed by atoms with Crippen LogP contribution in [0, 0.1) is 11.8 Å². The lowest BCUT2D eigenvalue weighted by molar-refractivity contribution is 0.0535. The molecule has 1 aromatic carbocycles. The number of hydrogen-bond acceptors (Lipinski definition) is 4. The molecule has 0 aliphatic rings. The first kappa shape index (κ1) is 17.9. The number of para-hydroxylation sites is 1. The molecule has 0 fully saturated rings. The van der Waals surface area contributed by atoms with E-state index in [1.54, 1.807) is 20.8 Å². The number of aliphatic hydroxyl groups excluding tert-OH is 1. The molecular weight excluding hydrogens is 282 g/mol. The van der Waals surface area contributed by atoms with E-state index < -0.39 is 11.7 Å². The largest absolute Gasteiger partial charge is 0.492 e. The molecule has 1 rings (SSSR count). The lowest BCUT2D eigenvalue weighted by Crippen LogP contribution is -2.32. The zero-order chi connectivity index (χ0) is 16.4. The second kappa shape index (κ2) is 8.96. The average molecular weight is 305 g/mol. The fourth-order valence-electron chi connectivity index (χ4n) is 1.51. The first-order valence-electron chi connectivity index (χ1n) is 7.21. The van der Waals surface area contributed by atoms with Crippen LogP contribution < -0.4 is 10.1 Å². The molecule has 22 heavy (non-hydrogen) atoms. The maximum atomic E-state index is 11.5. The van der Waals surface area contributed by atoms with Gasteiger partial charge in [-0.05, 0) is 32.9 Å². The third-order valence-corrected chi connectivity index (χ3v) is 2.39. The number of benzene rings is 1. The van der Waals surface area contributed by atoms with Gasteiger partial charge in [0.25, 0.3) is 0 Å². The number of rotatable bonds is 5. The minimum Gasteiger partial charge on any atom is -0.492 e. The molecule has 2 N–H and O–H groups in total. The average Bonchev–Trinajstić information content (AvgIpc) is 2.43. The Morgan fingerprint density at radius 2 is 2.05 bits per heavy atom. The number of ether oxygens (including phenoxy) is 2. The van der Waals surface area contributed by atoms with Gasteiger partial charge in [-0.3, -0.25) is 0 Å². The predicted octanol–water partition coefficient (Wildman–Crippen LogP) is 2.32. The van der Waals surface area contributed by atoms with Crippen molar-refractivity contribution in [3.05, 3.63) is 29.8 Å². The molecule has 0 aromatic heterocycles. The highest BCUT2D eigenvalue weighted by Gasteiger charge is 2.14. The fourth-order valence-corrected chi connectivity index (χ4v) is 1.51. The van der Waals surface area contributed by atoms with Gasteiger partial charge in [0, 0.05) is 13.0 Å². The first-order chi connectivity index (χ1) is 10.4. The number of nitrogens with one attached hydrogen (secondary N) is 1. The van der Waals surface area contributed by atoms with Gasteiger partial charge in [-0.2, -0.15) is 0 Å². The SMILES string of the molecule is CC(C)(C)OC(=O)NCC#Cc1ccccc1OCCCO. The summed E-state index contributed by atoms with van der Waals surface area (Å²) in [4.78, 5) is 11.5. The van der Waals surface area contributed by atoms with Gasteiger partial charge in [-0.1, -0.05) is 24.0 Å². The molecule has 5 heteroatoms. The molecular formula is C17H23NO4. The smallest absolute Gasteiger partial charge is 0.408 e. The van der Waals surface area contributed by atoms with Crippen LogP contribution in [0.1, 0.15) is 32.8 Å². The topological polar surface area (TPSA) is 67.8 Å². The zero-order valence-electron chi connectivity index (χ0n) is 13.3. The Hall–Kier alpha value is -2.19. The summed E-state index contributed by atoms with van der Waals surface area (Å²) in [5.41, 5.74) is 0.219. The van der Waals surface area contributed by atoms with E-state index in [1.165, 1.54) is 0 Å². The van der Waals surface area contributed by atoms with Crippen LogP contribution in [0.4, 0.5) is 4.79 Å². The van der Waals surface area contributed by atoms with Crippen molar-refractivity contribution in [1.82, 2.24) is 5.32 Å². The van der Waals surface area contributed by atoms with Crippen molar-refractivity contribution in [3.8, 4) is 17.6 Å². The molecule has 1 aromatic rings. The number of hydrogen-bond donors (Lipinski definition) is 2. The van der Waals surface area contributed by atoms with E-state index in [0.29, 0.717) is 18.8 Å². The summed E-state index contributed by atoms with van der Waals surface area (Å²) >= 11 is 0. The van der Waals surface area contributed by atoms with Crippen molar-refractivity contribution in [1.29, 1.82) is 0 Å². The number of carbonyl (C=O) groups is 1. The van der Waals surface area contributed by atoms with Crippen LogP contribution in [0.2, 0.25) is 0 Å². The van der Waals surface area contributed by atoms with Crippen molar-refractivity contribution < 1.29 is 19.4 Å². The Morgan fingerprint density at radius 3 is 2.73 bits per heavy atom. The highest BCUT2D eigenvalue weighted by Crippen LogP contribution is 2.16. The molecule has 0 heterocycles. The highest BCUT2D eigenvalue weighted by molar-refractivity contribution is 5.68. The third-order valence-electron chi connectivity index (χ3n) is 2.39. The van der Waals surface area contributed by atoms with Crippen molar-refractivity contribution in [2.75, 3.05) is 19.8 Å². The van der Waals surface area contributed by atoms with Crippen LogP contribution >= 0.6 is 0 Å². The molecule has 0 bridgehead atoms. The van der Waals surface area contributed by atoms with E-state index in [2.05, 4.69) is 17.2 Å². The second-order valence-corrected chi connectivity index (χ2v) is 5.58. The Morgan fingerprint density at radius 1 is 1.32 bits per heavy atom. The molecule has 0 saturated heterocycles. The Bertz CT molecular complexity index is 538. The fraction of sp³-hybridized carbons (Fsp3) is 0.471. The van der Waals surface area contributed by atoms with E-state index >= 15 is 0 Å². The van der Waals surface area contributed by atoms with Crippen LogP contribution in [0.15, 0.2) is 24.3 Å². The van der Waals surface area contributed by atoms with E-state index in [9.17, 15) is 4.79 Å². The van der Waals surface area contributed by atoms with Crippen molar-refractivity contribution >= 4 is 6.09 Å². The summed E-state index contributed by atoms with van der Waals surface area (Å²) in [5.74, 6) is 6.48. The van der Waals surface area contributed by atoms with Gasteiger partial charge < -0.3 is 19.9 Å². The van der Waals surface area contributed by atoms with Crippen LogP contribution in [0.5, 0.6) is 5.75 Å². The molecule has 0 aliphatic heterocycles. The van der Waals surface area contributed by atoms with E-state index in [-0.39, 0.29) is 13.2 Å². The minimum atomic E-state index is -0.523. The van der Waals surface area contributed by atoms with Gasteiger partial charge in [0.15, 0.2) is 0 Å². The molecule has 0 unspecified atom stereocenters. The molecule has 0 radical (unpaired) electrons. The molecule has 0 aliphatic carbocycles. The zero-order valence-corrected chi connectivity index (χ0v) is 13.3. The van der Waals surface area contributed by atoms with Gasteiger partial charge in [0.2, 0.25) is 0 Å². The van der Waals surface area contributed by atoms with Crippen LogP contribution in [-0.4, -0.2) is 36.6 Å². The van der Waals surface area contributed by atoms with Crippen molar-refractivity contribution in [2.45, 2.75) is 32.8 Å². The standard InChI is InChI=1S/C17H23NO4/c1-17(2,3)22-16(20)18-11-6-9-14-8-4-5-10-15(14)21-13-7-12-19/h4-5,8,10,19H,7,11-13H2,1-3H3,(H,18,20). The lowest BCUT2D eigenvalue weighted by Gasteiger charge is -2.19. The number of carbonyl (C=O) groups excluding carboxylic acids is 1. The van der Waals surface area contributed by atoms with E-state index in [0.717, 1.165) is 5.56 Å². The van der Waals surface area contributed by atoms with Gasteiger partial charge in [-0.15, -0.1) is 0 Å². The van der Waals surface area contributed by atoms with Crippen molar-refractivity contribution in [2.24, 2.45) is 0 Å². The summed E-state index contributed by atoms with van der Waals surface area (Å²) < 4.78 is 10.7. The summed E-state index contributed by atoms with van der Waals surface area (Å²) in [7, 11) is 0. The summed E-state index contributed by atoms with van der Waals surface area (Å²) in [6.45, 7) is 6.13. The summed E-state index contributed by atoms with van der Waals surface area (Å²) in [5, 5.41) is 11.3. The maximum Gasteiger partial charge on any atom is 0.408 e. The van der Waals surface area contributed by atoms with Gasteiger partial charge in [0.05, 0.1) is 18.7 Å². The van der Waals surface area contributed by atoms with E-state index in [1.807, 2.05) is 24.3 Å². The quantitative estimate of drug-likeness (QED) is 0.647. The summed E-state index contributed by atoms with van der Waals surface area (Å²) in [6, 6.07) is 7.39. The van der Waals surface area contributed by atoms with Crippen molar-refractivity contribution in [3.63, 3.8) is 0 Å². The normalized spacial score (nSPS) is 10.4. The Balaban J connectivity index is 2.52. The Labute approximate surface area is 131 Å². The van der Waals surface area contributed by atoms with Crippen LogP contribution in [0.25, 0.3) is 0 Å². The Kier molecular flexibility index (Phi) is 7.27. The highest BCUT2D eigenvalue weighted by atomic mass is 16.6. The molecule has 1 amide bonds. The number of aliphatic hydroxyl groups is 1. The monoisotopic (exact) mass is 305 g/mol. The molecule has 0 atom stereocenters. The molecule has 120 valence electrons. The maximum absolute atomic E-state index is 11.5. The summed E-state index contributed by atoms with van der Waals surface area (Å²) in [6.07, 6.45) is 0.0800. The number of alkyl carbamates (subject to hydrolysis) is 1. The predicted molar refractivity (Wildman–Crippen MR) is 84.8 cm³/mol. The van der Waals surface area contributed by atoms with E-state index in [4.69, 9.17) is 14.6 Å². The van der Waals surface area contributed by atoms with Gasteiger partial charge in [0.1, 0.15) is 11.4 Å². The van der Waals surface area contributed by atoms with Crippen LogP contribution in [0.3, 0.4) is 0 Å². The molecule has 5 nitrogen and oxygen atoms in total. The lowest BCUT2D eigenvalue weighted by atomic mass is 10.2. The number of amides is 1. The van der Waals surface area contributed by atoms with Crippen LogP contribution in [-0.2, 0) is 4.74 Å². The molecule has 0 spiro atoms. The minimum absolute atomic E-state index is 0.0909. The first-order valence-corrected chi connectivity index (χ1v) is 7.21. The third kappa shape index (κ3) is 7.55. The van der Waals surface area contributed by atoms with Gasteiger partial charge in [-0.25, -0.2) is 4.79 Å². The van der Waals surface area contributed by atoms with Gasteiger partial charge >= 0.3 is 6.09 Å². The second-order valence-electron chi connectivity index (χ2n) is 5.58.